The summed E-state index contributed by atoms with van der Waals surface area (Å²) in [5.74, 6) is 0.640. The average Bonchev–Trinajstić information content (AvgIpc) is 2.56. The fourth-order valence-electron chi connectivity index (χ4n) is 2.72. The standard InChI is InChI=1S/C18H23ClN2O3/c1-4-11(5-2)17(22)20-7-6-12-8-13-9-16(24-3)14(19)10-15(13)21-18(12)23/h8-11H,4-7H2,1-3H3,(H,20,22)(H,21,23). The van der Waals surface area contributed by atoms with Gasteiger partial charge in [-0.05, 0) is 37.5 Å². The first kappa shape index (κ1) is 18.3. The van der Waals surface area contributed by atoms with Crippen molar-refractivity contribution in [2.24, 2.45) is 5.92 Å². The fourth-order valence-corrected chi connectivity index (χ4v) is 2.96. The molecular weight excluding hydrogens is 328 g/mol. The van der Waals surface area contributed by atoms with Crippen molar-refractivity contribution in [2.45, 2.75) is 33.1 Å². The number of rotatable bonds is 7. The molecule has 2 rings (SSSR count). The molecule has 5 nitrogen and oxygen atoms in total. The third-order valence-electron chi connectivity index (χ3n) is 4.24. The lowest BCUT2D eigenvalue weighted by molar-refractivity contribution is -0.125. The van der Waals surface area contributed by atoms with Crippen LogP contribution in [0.4, 0.5) is 0 Å². The van der Waals surface area contributed by atoms with Crippen LogP contribution in [0, 0.1) is 5.92 Å². The number of amides is 1. The second-order valence-electron chi connectivity index (χ2n) is 5.75. The zero-order valence-electron chi connectivity index (χ0n) is 14.2. The van der Waals surface area contributed by atoms with Gasteiger partial charge in [-0.1, -0.05) is 25.4 Å². The van der Waals surface area contributed by atoms with Crippen LogP contribution in [-0.4, -0.2) is 24.5 Å². The van der Waals surface area contributed by atoms with E-state index in [1.807, 2.05) is 19.9 Å². The molecule has 2 N–H and O–H groups in total. The lowest BCUT2D eigenvalue weighted by Gasteiger charge is -2.12. The summed E-state index contributed by atoms with van der Waals surface area (Å²) in [5.41, 5.74) is 1.12. The molecule has 6 heteroatoms. The van der Waals surface area contributed by atoms with Gasteiger partial charge in [0.15, 0.2) is 0 Å². The molecule has 0 aliphatic rings. The summed E-state index contributed by atoms with van der Waals surface area (Å²) < 4.78 is 5.21. The molecule has 0 spiro atoms. The van der Waals surface area contributed by atoms with Gasteiger partial charge in [0.2, 0.25) is 5.91 Å². The molecule has 1 amide bonds. The molecule has 0 fully saturated rings. The van der Waals surface area contributed by atoms with Crippen molar-refractivity contribution in [2.75, 3.05) is 13.7 Å². The first-order chi connectivity index (χ1) is 11.5. The maximum absolute atomic E-state index is 12.2. The van der Waals surface area contributed by atoms with E-state index in [1.54, 1.807) is 19.2 Å². The van der Waals surface area contributed by atoms with Gasteiger partial charge in [0.1, 0.15) is 5.75 Å². The van der Waals surface area contributed by atoms with Crippen molar-refractivity contribution in [1.82, 2.24) is 10.3 Å². The summed E-state index contributed by atoms with van der Waals surface area (Å²) in [6, 6.07) is 5.28. The number of H-pyrrole nitrogens is 1. The molecule has 24 heavy (non-hydrogen) atoms. The van der Waals surface area contributed by atoms with Crippen LogP contribution in [-0.2, 0) is 11.2 Å². The number of ether oxygens (including phenoxy) is 1. The Kier molecular flexibility index (Phi) is 6.26. The van der Waals surface area contributed by atoms with Crippen LogP contribution >= 0.6 is 11.6 Å². The van der Waals surface area contributed by atoms with Crippen molar-refractivity contribution < 1.29 is 9.53 Å². The zero-order valence-corrected chi connectivity index (χ0v) is 15.0. The van der Waals surface area contributed by atoms with Crippen LogP contribution in [0.15, 0.2) is 23.0 Å². The van der Waals surface area contributed by atoms with Crippen LogP contribution in [0.1, 0.15) is 32.3 Å². The average molecular weight is 351 g/mol. The van der Waals surface area contributed by atoms with Gasteiger partial charge in [-0.3, -0.25) is 9.59 Å². The largest absolute Gasteiger partial charge is 0.495 e. The normalized spacial score (nSPS) is 11.0. The number of aromatic nitrogens is 1. The van der Waals surface area contributed by atoms with E-state index in [9.17, 15) is 9.59 Å². The lowest BCUT2D eigenvalue weighted by atomic mass is 10.0. The smallest absolute Gasteiger partial charge is 0.251 e. The van der Waals surface area contributed by atoms with E-state index in [0.29, 0.717) is 34.8 Å². The number of carbonyl (C=O) groups excluding carboxylic acids is 1. The number of benzene rings is 1. The van der Waals surface area contributed by atoms with Crippen molar-refractivity contribution in [3.05, 3.63) is 39.1 Å². The molecule has 0 unspecified atom stereocenters. The molecular formula is C18H23ClN2O3. The Bertz CT molecular complexity index is 782. The maximum atomic E-state index is 12.2. The summed E-state index contributed by atoms with van der Waals surface area (Å²) >= 11 is 6.08. The highest BCUT2D eigenvalue weighted by Gasteiger charge is 2.13. The zero-order chi connectivity index (χ0) is 17.7. The van der Waals surface area contributed by atoms with E-state index >= 15 is 0 Å². The van der Waals surface area contributed by atoms with Gasteiger partial charge < -0.3 is 15.0 Å². The summed E-state index contributed by atoms with van der Waals surface area (Å²) in [4.78, 5) is 27.0. The Morgan fingerprint density at radius 3 is 2.62 bits per heavy atom. The molecule has 0 bridgehead atoms. The Balaban J connectivity index is 2.14. The number of hydrogen-bond donors (Lipinski definition) is 2. The molecule has 2 aromatic rings. The molecule has 0 saturated carbocycles. The van der Waals surface area contributed by atoms with Gasteiger partial charge >= 0.3 is 0 Å². The highest BCUT2D eigenvalue weighted by molar-refractivity contribution is 6.32. The minimum atomic E-state index is -0.166. The highest BCUT2D eigenvalue weighted by atomic mass is 35.5. The molecule has 1 aromatic carbocycles. The van der Waals surface area contributed by atoms with Crippen molar-refractivity contribution in [1.29, 1.82) is 0 Å². The van der Waals surface area contributed by atoms with Gasteiger partial charge in [-0.2, -0.15) is 0 Å². The summed E-state index contributed by atoms with van der Waals surface area (Å²) in [6.07, 6.45) is 2.11. The van der Waals surface area contributed by atoms with Crippen LogP contribution in [0.3, 0.4) is 0 Å². The van der Waals surface area contributed by atoms with Gasteiger partial charge in [-0.15, -0.1) is 0 Å². The van der Waals surface area contributed by atoms with Crippen LogP contribution in [0.5, 0.6) is 5.75 Å². The number of methoxy groups -OCH3 is 1. The van der Waals surface area contributed by atoms with E-state index < -0.39 is 0 Å². The van der Waals surface area contributed by atoms with Crippen LogP contribution in [0.2, 0.25) is 5.02 Å². The van der Waals surface area contributed by atoms with E-state index in [2.05, 4.69) is 10.3 Å². The summed E-state index contributed by atoms with van der Waals surface area (Å²) in [6.45, 7) is 4.44. The third-order valence-corrected chi connectivity index (χ3v) is 4.54. The topological polar surface area (TPSA) is 71.2 Å². The number of pyridine rings is 1. The van der Waals surface area contributed by atoms with Gasteiger partial charge in [0, 0.05) is 23.4 Å². The SMILES string of the molecule is CCC(CC)C(=O)NCCc1cc2cc(OC)c(Cl)cc2[nH]c1=O. The summed E-state index contributed by atoms with van der Waals surface area (Å²) in [7, 11) is 1.55. The fraction of sp³-hybridized carbons (Fsp3) is 0.444. The Morgan fingerprint density at radius 2 is 2.00 bits per heavy atom. The molecule has 0 radical (unpaired) electrons. The first-order valence-electron chi connectivity index (χ1n) is 8.17. The van der Waals surface area contributed by atoms with Crippen molar-refractivity contribution >= 4 is 28.4 Å². The minimum absolute atomic E-state index is 0.0336. The number of fused-ring (bicyclic) bond motifs is 1. The second-order valence-corrected chi connectivity index (χ2v) is 6.16. The monoisotopic (exact) mass is 350 g/mol. The molecule has 0 aliphatic carbocycles. The van der Waals surface area contributed by atoms with Gasteiger partial charge in [-0.25, -0.2) is 0 Å². The third kappa shape index (κ3) is 4.09. The Morgan fingerprint density at radius 1 is 1.29 bits per heavy atom. The van der Waals surface area contributed by atoms with Gasteiger partial charge in [0.25, 0.3) is 5.56 Å². The molecule has 0 atom stereocenters. The Hall–Kier alpha value is -2.01. The first-order valence-corrected chi connectivity index (χ1v) is 8.55. The minimum Gasteiger partial charge on any atom is -0.495 e. The maximum Gasteiger partial charge on any atom is 0.251 e. The molecule has 130 valence electrons. The van der Waals surface area contributed by atoms with Crippen molar-refractivity contribution in [3.8, 4) is 5.75 Å². The van der Waals surface area contributed by atoms with E-state index in [-0.39, 0.29) is 17.4 Å². The van der Waals surface area contributed by atoms with Gasteiger partial charge in [0.05, 0.1) is 17.6 Å². The lowest BCUT2D eigenvalue weighted by Crippen LogP contribution is -2.32. The molecule has 0 saturated heterocycles. The number of hydrogen-bond acceptors (Lipinski definition) is 3. The van der Waals surface area contributed by atoms with E-state index in [1.165, 1.54) is 0 Å². The van der Waals surface area contributed by atoms with Crippen LogP contribution in [0.25, 0.3) is 10.9 Å². The highest BCUT2D eigenvalue weighted by Crippen LogP contribution is 2.28. The number of carbonyl (C=O) groups is 1. The van der Waals surface area contributed by atoms with Crippen molar-refractivity contribution in [3.63, 3.8) is 0 Å². The predicted octanol–water partition coefficient (Wildman–Crippen LogP) is 3.29. The molecule has 1 heterocycles. The van der Waals surface area contributed by atoms with E-state index in [0.717, 1.165) is 18.2 Å². The second kappa shape index (κ2) is 8.20. The molecule has 0 aliphatic heterocycles. The quantitative estimate of drug-likeness (QED) is 0.805. The Labute approximate surface area is 146 Å². The number of halogens is 1. The van der Waals surface area contributed by atoms with E-state index in [4.69, 9.17) is 16.3 Å². The molecule has 1 aromatic heterocycles. The van der Waals surface area contributed by atoms with Crippen LogP contribution < -0.4 is 15.6 Å². The number of nitrogens with one attached hydrogen (secondary N) is 2. The summed E-state index contributed by atoms with van der Waals surface area (Å²) in [5, 5.41) is 4.20. The predicted molar refractivity (Wildman–Crippen MR) is 96.9 cm³/mol. The number of aromatic amines is 1.